The number of carbonyl (C=O) groups excluding carboxylic acids is 2. The van der Waals surface area contributed by atoms with Gasteiger partial charge in [-0.15, -0.1) is 0 Å². The Labute approximate surface area is 158 Å². The normalized spacial score (nSPS) is 12.1. The average molecular weight is 382 g/mol. The van der Waals surface area contributed by atoms with E-state index in [1.54, 1.807) is 0 Å². The highest BCUT2D eigenvalue weighted by Gasteiger charge is 2.19. The quantitative estimate of drug-likeness (QED) is 0.681. The number of nitrogens with zero attached hydrogens (tertiary/aromatic N) is 1. The first-order valence-electron chi connectivity index (χ1n) is 8.86. The van der Waals surface area contributed by atoms with Crippen LogP contribution in [0.1, 0.15) is 56.8 Å². The summed E-state index contributed by atoms with van der Waals surface area (Å²) in [4.78, 5) is 22.3. The largest absolute Gasteiger partial charge is 0.330 e. The number of hydrazone groups is 1. The summed E-state index contributed by atoms with van der Waals surface area (Å²) in [6.45, 7) is 7.24. The van der Waals surface area contributed by atoms with E-state index in [-0.39, 0.29) is 12.1 Å². The molecule has 1 aliphatic rings. The minimum absolute atomic E-state index is 0.0817. The molecule has 1 aromatic rings. The smallest absolute Gasteiger partial charge is 0.261 e. The highest BCUT2D eigenvalue weighted by Crippen LogP contribution is 2.13. The number of unbranched alkanes of at least 4 members (excludes halogenated alkanes) is 1. The molecule has 4 N–H and O–H groups in total. The highest BCUT2D eigenvalue weighted by molar-refractivity contribution is 6.29. The third-order valence-corrected chi connectivity index (χ3v) is 3.21. The topological polar surface area (TPSA) is 96.6 Å². The Bertz CT molecular complexity index is 633. The number of carbonyl (C=O) groups is 2. The van der Waals surface area contributed by atoms with Crippen molar-refractivity contribution in [3.05, 3.63) is 47.3 Å². The van der Waals surface area contributed by atoms with Crippen LogP contribution < -0.4 is 16.5 Å². The van der Waals surface area contributed by atoms with E-state index >= 15 is 0 Å². The fraction of sp³-hybridized carbons (Fsp3) is 0.421. The average Bonchev–Trinajstić information content (AvgIpc) is 2.68. The molecule has 0 aromatic heterocycles. The number of rotatable bonds is 5. The first-order chi connectivity index (χ1) is 12.9. The fourth-order valence-electron chi connectivity index (χ4n) is 1.55. The molecule has 0 aliphatic carbocycles. The van der Waals surface area contributed by atoms with E-state index in [4.69, 9.17) is 5.73 Å². The number of amides is 1. The van der Waals surface area contributed by atoms with Crippen LogP contribution in [0.4, 0.5) is 8.78 Å². The molecule has 150 valence electrons. The Morgan fingerprint density at radius 2 is 1.78 bits per heavy atom. The zero-order chi connectivity index (χ0) is 20.7. The van der Waals surface area contributed by atoms with Crippen molar-refractivity contribution in [2.24, 2.45) is 10.8 Å². The van der Waals surface area contributed by atoms with Gasteiger partial charge in [-0.2, -0.15) is 5.10 Å². The number of aldehydes is 1. The Morgan fingerprint density at radius 1 is 1.22 bits per heavy atom. The van der Waals surface area contributed by atoms with Crippen LogP contribution in [0.15, 0.2) is 35.2 Å². The number of benzene rings is 1. The minimum atomic E-state index is -0.953. The molecule has 0 unspecified atom stereocenters. The van der Waals surface area contributed by atoms with Gasteiger partial charge < -0.3 is 11.1 Å². The second-order valence-electron chi connectivity index (χ2n) is 5.54. The molecular formula is C19H28F2N4O2. The van der Waals surface area contributed by atoms with Crippen molar-refractivity contribution in [2.75, 3.05) is 6.54 Å². The molecule has 1 amide bonds. The minimum Gasteiger partial charge on any atom is -0.330 e. The van der Waals surface area contributed by atoms with Gasteiger partial charge in [0.25, 0.3) is 5.91 Å². The van der Waals surface area contributed by atoms with Crippen LogP contribution in [0.25, 0.3) is 0 Å². The lowest BCUT2D eigenvalue weighted by Gasteiger charge is -2.13. The molecule has 0 fully saturated rings. The number of hydrogen-bond acceptors (Lipinski definition) is 5. The lowest BCUT2D eigenvalue weighted by molar-refractivity contribution is -0.102. The number of nitrogens with two attached hydrogens (primary N) is 1. The summed E-state index contributed by atoms with van der Waals surface area (Å²) in [5.74, 6) is -2.83. The van der Waals surface area contributed by atoms with E-state index in [1.807, 2.05) is 0 Å². The molecular weight excluding hydrogens is 354 g/mol. The molecule has 8 heteroatoms. The maximum absolute atomic E-state index is 13.4. The van der Waals surface area contributed by atoms with Gasteiger partial charge in [0.15, 0.2) is 6.29 Å². The Kier molecular flexibility index (Phi) is 13.1. The van der Waals surface area contributed by atoms with Gasteiger partial charge in [-0.25, -0.2) is 8.78 Å². The molecule has 0 saturated heterocycles. The lowest BCUT2D eigenvalue weighted by Crippen LogP contribution is -2.29. The van der Waals surface area contributed by atoms with Gasteiger partial charge in [-0.1, -0.05) is 39.7 Å². The zero-order valence-electron chi connectivity index (χ0n) is 16.0. The Morgan fingerprint density at radius 3 is 2.22 bits per heavy atom. The van der Waals surface area contributed by atoms with Crippen LogP contribution in [0.2, 0.25) is 0 Å². The van der Waals surface area contributed by atoms with Gasteiger partial charge in [0.05, 0.1) is 0 Å². The van der Waals surface area contributed by atoms with Gasteiger partial charge in [0, 0.05) is 18.3 Å². The van der Waals surface area contributed by atoms with Crippen molar-refractivity contribution in [1.29, 1.82) is 0 Å². The van der Waals surface area contributed by atoms with E-state index in [2.05, 4.69) is 36.6 Å². The van der Waals surface area contributed by atoms with Crippen LogP contribution in [-0.4, -0.2) is 24.4 Å². The first kappa shape index (κ1) is 24.4. The molecule has 1 aliphatic heterocycles. The number of halogens is 2. The van der Waals surface area contributed by atoms with Crippen molar-refractivity contribution in [3.8, 4) is 0 Å². The molecule has 6 nitrogen and oxygen atoms in total. The maximum atomic E-state index is 13.4. The van der Waals surface area contributed by atoms with E-state index in [0.717, 1.165) is 25.1 Å². The van der Waals surface area contributed by atoms with Crippen molar-refractivity contribution in [1.82, 2.24) is 10.7 Å². The van der Waals surface area contributed by atoms with E-state index in [0.29, 0.717) is 12.0 Å². The summed E-state index contributed by atoms with van der Waals surface area (Å²) in [5.41, 5.74) is 7.24. The number of nitrogens with one attached hydrogen (secondary N) is 2. The van der Waals surface area contributed by atoms with Crippen molar-refractivity contribution in [2.45, 2.75) is 46.5 Å². The van der Waals surface area contributed by atoms with Gasteiger partial charge in [0.2, 0.25) is 0 Å². The molecule has 27 heavy (non-hydrogen) atoms. The SMILES string of the molecule is CCCC.CCCN.O=CC1=NNC=C(NC(=O)c2c(F)cccc2F)C1. The van der Waals surface area contributed by atoms with Crippen LogP contribution in [0.3, 0.4) is 0 Å². The van der Waals surface area contributed by atoms with Gasteiger partial charge >= 0.3 is 0 Å². The Hall–Kier alpha value is -2.61. The van der Waals surface area contributed by atoms with Crippen molar-refractivity contribution in [3.63, 3.8) is 0 Å². The zero-order valence-corrected chi connectivity index (χ0v) is 16.0. The molecule has 0 saturated carbocycles. The van der Waals surface area contributed by atoms with Crippen LogP contribution in [0.5, 0.6) is 0 Å². The summed E-state index contributed by atoms with van der Waals surface area (Å²) in [7, 11) is 0. The predicted octanol–water partition coefficient (Wildman–Crippen LogP) is 3.25. The molecule has 2 rings (SSSR count). The van der Waals surface area contributed by atoms with Gasteiger partial charge in [-0.05, 0) is 25.1 Å². The third kappa shape index (κ3) is 9.60. The predicted molar refractivity (Wildman–Crippen MR) is 103 cm³/mol. The monoisotopic (exact) mass is 382 g/mol. The van der Waals surface area contributed by atoms with Crippen LogP contribution >= 0.6 is 0 Å². The summed E-state index contributed by atoms with van der Waals surface area (Å²) in [5, 5.41) is 5.96. The molecule has 0 radical (unpaired) electrons. The summed E-state index contributed by atoms with van der Waals surface area (Å²) >= 11 is 0. The van der Waals surface area contributed by atoms with Crippen LogP contribution in [-0.2, 0) is 4.79 Å². The summed E-state index contributed by atoms with van der Waals surface area (Å²) < 4.78 is 26.8. The van der Waals surface area contributed by atoms with Gasteiger partial charge in [-0.3, -0.25) is 15.0 Å². The second-order valence-corrected chi connectivity index (χ2v) is 5.54. The van der Waals surface area contributed by atoms with Gasteiger partial charge in [0.1, 0.15) is 22.9 Å². The van der Waals surface area contributed by atoms with E-state index < -0.39 is 23.1 Å². The molecule has 0 bridgehead atoms. The van der Waals surface area contributed by atoms with Crippen molar-refractivity contribution < 1.29 is 18.4 Å². The maximum Gasteiger partial charge on any atom is 0.261 e. The van der Waals surface area contributed by atoms with E-state index in [9.17, 15) is 18.4 Å². The molecule has 0 spiro atoms. The third-order valence-electron chi connectivity index (χ3n) is 3.21. The molecule has 1 aromatic carbocycles. The molecule has 1 heterocycles. The van der Waals surface area contributed by atoms with E-state index in [1.165, 1.54) is 25.1 Å². The van der Waals surface area contributed by atoms with Crippen molar-refractivity contribution >= 4 is 17.9 Å². The lowest BCUT2D eigenvalue weighted by atomic mass is 10.1. The highest BCUT2D eigenvalue weighted by atomic mass is 19.1. The summed E-state index contributed by atoms with van der Waals surface area (Å²) in [6.07, 6.45) is 5.68. The van der Waals surface area contributed by atoms with Crippen LogP contribution in [0, 0.1) is 11.6 Å². The summed E-state index contributed by atoms with van der Waals surface area (Å²) in [6, 6.07) is 3.15. The number of allylic oxidation sites excluding steroid dienone is 1. The Balaban J connectivity index is 0.000000718. The molecule has 0 atom stereocenters. The fourth-order valence-corrected chi connectivity index (χ4v) is 1.55. The standard InChI is InChI=1S/C12H9F2N3O2.C4H10.C3H9N/c13-9-2-1-3-10(14)11(9)12(19)16-7-4-8(6-18)17-15-5-7;1-3-4-2;1-2-3-4/h1-3,5-6,15H,4H2,(H,16,19);3-4H2,1-2H3;2-4H2,1H3. The first-order valence-corrected chi connectivity index (χ1v) is 8.86. The second kappa shape index (κ2) is 14.5. The number of hydrogen-bond donors (Lipinski definition) is 3.